The van der Waals surface area contributed by atoms with Gasteiger partial charge in [-0.15, -0.1) is 0 Å². The van der Waals surface area contributed by atoms with E-state index in [1.54, 1.807) is 0 Å². The van der Waals surface area contributed by atoms with E-state index in [2.05, 4.69) is 18.8 Å². The van der Waals surface area contributed by atoms with Crippen LogP contribution in [0.25, 0.3) is 0 Å². The third-order valence-corrected chi connectivity index (χ3v) is 5.24. The van der Waals surface area contributed by atoms with Gasteiger partial charge in [-0.2, -0.15) is 0 Å². The summed E-state index contributed by atoms with van der Waals surface area (Å²) in [5.41, 5.74) is 0. The van der Waals surface area contributed by atoms with Crippen LogP contribution < -0.4 is 0 Å². The van der Waals surface area contributed by atoms with Gasteiger partial charge in [0.1, 0.15) is 0 Å². The third-order valence-electron chi connectivity index (χ3n) is 0.637. The molecule has 0 saturated carbocycles. The lowest BCUT2D eigenvalue weighted by Crippen LogP contribution is -1.47. The minimum absolute atomic E-state index is 1.45. The second kappa shape index (κ2) is 2.73. The van der Waals surface area contributed by atoms with Gasteiger partial charge in [0.05, 0.1) is 0 Å². The highest BCUT2D eigenvalue weighted by Gasteiger charge is 1.74. The Hall–Kier alpha value is 0.510. The molecule has 0 fully saturated rings. The van der Waals surface area contributed by atoms with Crippen LogP contribution in [-0.2, 0) is 0 Å². The van der Waals surface area contributed by atoms with E-state index in [4.69, 9.17) is 0 Å². The lowest BCUT2D eigenvalue weighted by Gasteiger charge is -1.80. The first-order valence-corrected chi connectivity index (χ1v) is 6.17. The fourth-order valence-electron chi connectivity index (χ4n) is 0.301. The molecule has 0 aliphatic heterocycles. The fraction of sp³-hybridized carbons (Fsp3) is 0.250. The molecule has 0 spiro atoms. The summed E-state index contributed by atoms with van der Waals surface area (Å²) in [5.74, 6) is 2.20. The van der Waals surface area contributed by atoms with E-state index in [0.29, 0.717) is 0 Å². The van der Waals surface area contributed by atoms with Crippen molar-refractivity contribution < 1.29 is 0 Å². The highest BCUT2D eigenvalue weighted by molar-refractivity contribution is 8.16. The molecule has 0 atom stereocenters. The Morgan fingerprint density at radius 3 is 2.71 bits per heavy atom. The molecule has 0 radical (unpaired) electrons. The quantitative estimate of drug-likeness (QED) is 0.522. The predicted octanol–water partition coefficient (Wildman–Crippen LogP) is 3.74. The van der Waals surface area contributed by atoms with E-state index >= 15 is 0 Å². The Balaban J connectivity index is 3.02. The average molecular weight is 146 g/mol. The van der Waals surface area contributed by atoms with Gasteiger partial charge in [-0.3, -0.25) is 0 Å². The van der Waals surface area contributed by atoms with Gasteiger partial charge in [0, 0.05) is 0 Å². The van der Waals surface area contributed by atoms with Crippen LogP contribution in [0.15, 0.2) is 11.9 Å². The number of hydrogen-bond donors (Lipinski definition) is 0. The second-order valence-electron chi connectivity index (χ2n) is 1.26. The van der Waals surface area contributed by atoms with Crippen molar-refractivity contribution in [1.82, 2.24) is 0 Å². The van der Waals surface area contributed by atoms with E-state index < -0.39 is 0 Å². The molecule has 7 heavy (non-hydrogen) atoms. The van der Waals surface area contributed by atoms with Gasteiger partial charge < -0.3 is 0 Å². The van der Waals surface area contributed by atoms with Gasteiger partial charge in [0.2, 0.25) is 0 Å². The zero-order chi connectivity index (χ0) is 5.11. The normalized spacial score (nSPS) is 12.1. The molecule has 1 aromatic heterocycles. The average Bonchev–Trinajstić information content (AvgIpc) is 1.69. The first kappa shape index (κ1) is 5.64. The predicted molar refractivity (Wildman–Crippen MR) is 38.7 cm³/mol. The van der Waals surface area contributed by atoms with Crippen molar-refractivity contribution in [2.45, 2.75) is 6.92 Å². The minimum Gasteiger partial charge on any atom is -0.0495 e. The molecule has 0 aromatic carbocycles. The van der Waals surface area contributed by atoms with E-state index in [1.807, 2.05) is 0 Å². The van der Waals surface area contributed by atoms with Crippen LogP contribution in [0, 0.1) is 6.92 Å². The van der Waals surface area contributed by atoms with Gasteiger partial charge >= 0.3 is 0 Å². The van der Waals surface area contributed by atoms with Gasteiger partial charge in [-0.1, -0.05) is 0 Å². The molecular weight excluding hydrogens is 141 g/mol. The zero-order valence-corrected chi connectivity index (χ0v) is 6.68. The molecule has 0 N–H and O–H groups in total. The van der Waals surface area contributed by atoms with Crippen molar-refractivity contribution in [1.29, 1.82) is 0 Å². The second-order valence-corrected chi connectivity index (χ2v) is 6.31. The lowest BCUT2D eigenvalue weighted by molar-refractivity contribution is 1.64. The Morgan fingerprint density at radius 2 is 2.43 bits per heavy atom. The number of rotatable bonds is 0. The lowest BCUT2D eigenvalue weighted by atomic mass is 10.6. The van der Waals surface area contributed by atoms with Crippen LogP contribution >= 0.6 is 23.3 Å². The molecule has 1 aromatic rings. The third kappa shape index (κ3) is 1.83. The van der Waals surface area contributed by atoms with Crippen molar-refractivity contribution in [3.8, 4) is 0 Å². The van der Waals surface area contributed by atoms with Crippen molar-refractivity contribution in [3.05, 3.63) is 17.2 Å². The Morgan fingerprint density at radius 1 is 1.57 bits per heavy atom. The summed E-state index contributed by atoms with van der Waals surface area (Å²) in [6.07, 6.45) is 0. The maximum atomic E-state index is 2.20. The van der Waals surface area contributed by atoms with Crippen LogP contribution in [0.1, 0.15) is 5.30 Å². The largest absolute Gasteiger partial charge is 0.0495 e. The summed E-state index contributed by atoms with van der Waals surface area (Å²) in [7, 11) is 4.45. The molecule has 0 nitrogen and oxygen atoms in total. The Labute approximate surface area is 48.1 Å². The van der Waals surface area contributed by atoms with E-state index in [0.717, 1.165) is 0 Å². The molecule has 36 valence electrons. The van der Waals surface area contributed by atoms with Crippen molar-refractivity contribution in [3.63, 3.8) is 0 Å². The zero-order valence-electron chi connectivity index (χ0n) is 4.00. The summed E-state index contributed by atoms with van der Waals surface area (Å²) in [4.78, 5) is 0. The summed E-state index contributed by atoms with van der Waals surface area (Å²) in [6.45, 7) is 2.17. The van der Waals surface area contributed by atoms with E-state index in [9.17, 15) is 0 Å². The molecular formula is C4H5P3. The Bertz CT molecular complexity index is 137. The van der Waals surface area contributed by atoms with Crippen molar-refractivity contribution >= 4 is 23.3 Å². The molecule has 0 amide bonds. The first-order valence-electron chi connectivity index (χ1n) is 2.00. The topological polar surface area (TPSA) is 0 Å². The standard InChI is InChI=1S/C4H5P3/c1-4-2-3-5-7-6-4/h2-3H,1H3. The van der Waals surface area contributed by atoms with Crippen LogP contribution in [0.2, 0.25) is 0 Å². The highest BCUT2D eigenvalue weighted by Crippen LogP contribution is 2.31. The monoisotopic (exact) mass is 146 g/mol. The fourth-order valence-corrected chi connectivity index (χ4v) is 4.53. The van der Waals surface area contributed by atoms with E-state index in [-0.39, 0.29) is 0 Å². The molecule has 0 aliphatic rings. The molecule has 3 heteroatoms. The summed E-state index contributed by atoms with van der Waals surface area (Å²) in [6, 6.07) is 2.19. The molecule has 0 bridgehead atoms. The van der Waals surface area contributed by atoms with Gasteiger partial charge in [-0.25, -0.2) is 0 Å². The van der Waals surface area contributed by atoms with Gasteiger partial charge in [0.15, 0.2) is 0 Å². The molecule has 0 saturated heterocycles. The van der Waals surface area contributed by atoms with Crippen LogP contribution in [-0.4, -0.2) is 0 Å². The maximum Gasteiger partial charge on any atom is -0.0106 e. The van der Waals surface area contributed by atoms with Crippen molar-refractivity contribution in [2.24, 2.45) is 0 Å². The Kier molecular flexibility index (Phi) is 2.20. The van der Waals surface area contributed by atoms with Crippen LogP contribution in [0.5, 0.6) is 0 Å². The first-order chi connectivity index (χ1) is 3.39. The van der Waals surface area contributed by atoms with E-state index in [1.165, 1.54) is 28.6 Å². The molecule has 1 heterocycles. The smallest absolute Gasteiger partial charge is 0.0106 e. The summed E-state index contributed by atoms with van der Waals surface area (Å²) in [5, 5.41) is 1.49. The van der Waals surface area contributed by atoms with Gasteiger partial charge in [-0.05, 0) is 47.4 Å². The van der Waals surface area contributed by atoms with Crippen LogP contribution in [0.4, 0.5) is 0 Å². The van der Waals surface area contributed by atoms with Crippen LogP contribution in [0.3, 0.4) is 0 Å². The highest BCUT2D eigenvalue weighted by atomic mass is 32.1. The minimum atomic E-state index is 1.45. The van der Waals surface area contributed by atoms with Crippen molar-refractivity contribution in [2.75, 3.05) is 0 Å². The summed E-state index contributed by atoms with van der Waals surface area (Å²) >= 11 is 0. The molecule has 0 aliphatic carbocycles. The maximum absolute atomic E-state index is 2.20. The molecule has 0 unspecified atom stereocenters. The van der Waals surface area contributed by atoms with Gasteiger partial charge in [0.25, 0.3) is 0 Å². The number of aryl methyl sites for hydroxylation is 1. The molecule has 1 rings (SSSR count). The summed E-state index contributed by atoms with van der Waals surface area (Å²) < 4.78 is 0. The number of hydrogen-bond acceptors (Lipinski definition) is 0. The SMILES string of the molecule is Cc1ccppp1.